The molecule has 0 spiro atoms. The summed E-state index contributed by atoms with van der Waals surface area (Å²) in [5.41, 5.74) is 2.20. The zero-order valence-corrected chi connectivity index (χ0v) is 7.33. The van der Waals surface area contributed by atoms with E-state index in [1.165, 1.54) is 12.1 Å². The van der Waals surface area contributed by atoms with Gasteiger partial charge in [-0.15, -0.1) is 0 Å². The van der Waals surface area contributed by atoms with E-state index >= 15 is 0 Å². The van der Waals surface area contributed by atoms with Crippen LogP contribution in [0.15, 0.2) is 23.0 Å². The summed E-state index contributed by atoms with van der Waals surface area (Å²) in [5, 5.41) is 0. The minimum atomic E-state index is -0.473. The van der Waals surface area contributed by atoms with Crippen LogP contribution in [0.1, 0.15) is 5.56 Å². The third kappa shape index (κ3) is 0.852. The SMILES string of the molecule is O=c1ccc2nc(F)cc3c2n1CC3. The molecule has 70 valence electrons. The zero-order chi connectivity index (χ0) is 9.71. The Bertz CT molecular complexity index is 588. The van der Waals surface area contributed by atoms with Crippen LogP contribution in [0.5, 0.6) is 0 Å². The Labute approximate surface area is 78.8 Å². The molecular weight excluding hydrogens is 183 g/mol. The quantitative estimate of drug-likeness (QED) is 0.583. The highest BCUT2D eigenvalue weighted by Gasteiger charge is 2.16. The second kappa shape index (κ2) is 2.41. The molecule has 2 aromatic heterocycles. The lowest BCUT2D eigenvalue weighted by molar-refractivity contribution is 0.587. The van der Waals surface area contributed by atoms with Gasteiger partial charge < -0.3 is 4.57 Å². The van der Waals surface area contributed by atoms with E-state index in [1.807, 2.05) is 0 Å². The molecule has 0 bridgehead atoms. The Balaban J connectivity index is 2.59. The molecule has 14 heavy (non-hydrogen) atoms. The summed E-state index contributed by atoms with van der Waals surface area (Å²) in [4.78, 5) is 15.2. The molecule has 0 fully saturated rings. The minimum absolute atomic E-state index is 0.0374. The first-order chi connectivity index (χ1) is 6.75. The maximum Gasteiger partial charge on any atom is 0.251 e. The highest BCUT2D eigenvalue weighted by atomic mass is 19.1. The average Bonchev–Trinajstić information content (AvgIpc) is 2.56. The summed E-state index contributed by atoms with van der Waals surface area (Å²) in [6, 6.07) is 4.42. The van der Waals surface area contributed by atoms with E-state index in [2.05, 4.69) is 4.98 Å². The van der Waals surface area contributed by atoms with Crippen LogP contribution in [0.2, 0.25) is 0 Å². The van der Waals surface area contributed by atoms with Gasteiger partial charge in [0.05, 0.1) is 11.0 Å². The third-order valence-electron chi connectivity index (χ3n) is 2.59. The molecule has 3 rings (SSSR count). The van der Waals surface area contributed by atoms with Gasteiger partial charge >= 0.3 is 0 Å². The van der Waals surface area contributed by atoms with Crippen LogP contribution in [0, 0.1) is 5.95 Å². The second-order valence-corrected chi connectivity index (χ2v) is 3.41. The van der Waals surface area contributed by atoms with Crippen LogP contribution in [0.3, 0.4) is 0 Å². The maximum atomic E-state index is 13.0. The molecule has 0 aromatic carbocycles. The third-order valence-corrected chi connectivity index (χ3v) is 2.59. The number of aromatic nitrogens is 2. The van der Waals surface area contributed by atoms with Crippen molar-refractivity contribution in [2.75, 3.05) is 0 Å². The Morgan fingerprint density at radius 1 is 1.43 bits per heavy atom. The molecular formula is C10H7FN2O. The number of hydrogen-bond donors (Lipinski definition) is 0. The Hall–Kier alpha value is -1.71. The molecule has 1 aliphatic heterocycles. The first-order valence-electron chi connectivity index (χ1n) is 4.45. The van der Waals surface area contributed by atoms with Crippen LogP contribution >= 0.6 is 0 Å². The molecule has 1 aliphatic rings. The first-order valence-corrected chi connectivity index (χ1v) is 4.45. The van der Waals surface area contributed by atoms with Crippen molar-refractivity contribution < 1.29 is 4.39 Å². The van der Waals surface area contributed by atoms with E-state index in [0.29, 0.717) is 12.1 Å². The van der Waals surface area contributed by atoms with Gasteiger partial charge in [-0.05, 0) is 24.1 Å². The van der Waals surface area contributed by atoms with Crippen molar-refractivity contribution in [1.82, 2.24) is 9.55 Å². The number of aryl methyl sites for hydroxylation is 2. The van der Waals surface area contributed by atoms with Gasteiger partial charge in [-0.2, -0.15) is 4.39 Å². The van der Waals surface area contributed by atoms with Gasteiger partial charge in [0.25, 0.3) is 5.56 Å². The van der Waals surface area contributed by atoms with Gasteiger partial charge in [0.1, 0.15) is 0 Å². The van der Waals surface area contributed by atoms with E-state index in [-0.39, 0.29) is 5.56 Å². The van der Waals surface area contributed by atoms with E-state index in [0.717, 1.165) is 17.5 Å². The smallest absolute Gasteiger partial charge is 0.251 e. The lowest BCUT2D eigenvalue weighted by atomic mass is 10.2. The molecule has 0 saturated carbocycles. The standard InChI is InChI=1S/C10H7FN2O/c11-8-5-6-3-4-13-9(14)2-1-7(12-8)10(6)13/h1-2,5H,3-4H2. The molecule has 0 N–H and O–H groups in total. The van der Waals surface area contributed by atoms with Crippen molar-refractivity contribution in [3.8, 4) is 0 Å². The van der Waals surface area contributed by atoms with Crippen LogP contribution in [0.25, 0.3) is 11.0 Å². The fourth-order valence-corrected chi connectivity index (χ4v) is 2.00. The van der Waals surface area contributed by atoms with Crippen molar-refractivity contribution >= 4 is 11.0 Å². The van der Waals surface area contributed by atoms with Gasteiger partial charge in [0.15, 0.2) is 0 Å². The van der Waals surface area contributed by atoms with Crippen molar-refractivity contribution in [3.63, 3.8) is 0 Å². The van der Waals surface area contributed by atoms with Gasteiger partial charge in [-0.25, -0.2) is 4.98 Å². The fraction of sp³-hybridized carbons (Fsp3) is 0.200. The Morgan fingerprint density at radius 3 is 3.14 bits per heavy atom. The lowest BCUT2D eigenvalue weighted by Gasteiger charge is -2.01. The monoisotopic (exact) mass is 190 g/mol. The summed E-state index contributed by atoms with van der Waals surface area (Å²) in [6.07, 6.45) is 0.717. The van der Waals surface area contributed by atoms with Gasteiger partial charge in [-0.3, -0.25) is 4.79 Å². The van der Waals surface area contributed by atoms with Crippen molar-refractivity contribution in [2.45, 2.75) is 13.0 Å². The summed E-state index contributed by atoms with van der Waals surface area (Å²) in [6.45, 7) is 0.636. The predicted molar refractivity (Wildman–Crippen MR) is 49.7 cm³/mol. The molecule has 0 atom stereocenters. The van der Waals surface area contributed by atoms with E-state index in [9.17, 15) is 9.18 Å². The van der Waals surface area contributed by atoms with E-state index < -0.39 is 5.95 Å². The van der Waals surface area contributed by atoms with Crippen LogP contribution in [-0.4, -0.2) is 9.55 Å². The topological polar surface area (TPSA) is 34.9 Å². The van der Waals surface area contributed by atoms with Crippen molar-refractivity contribution in [1.29, 1.82) is 0 Å². The lowest BCUT2D eigenvalue weighted by Crippen LogP contribution is -2.16. The molecule has 3 nitrogen and oxygen atoms in total. The van der Waals surface area contributed by atoms with Gasteiger partial charge in [-0.1, -0.05) is 0 Å². The second-order valence-electron chi connectivity index (χ2n) is 3.41. The molecule has 2 aromatic rings. The molecule has 0 amide bonds. The molecule has 3 heterocycles. The first kappa shape index (κ1) is 7.67. The summed E-state index contributed by atoms with van der Waals surface area (Å²) < 4.78 is 14.7. The van der Waals surface area contributed by atoms with Crippen LogP contribution in [0.4, 0.5) is 4.39 Å². The van der Waals surface area contributed by atoms with E-state index in [4.69, 9.17) is 0 Å². The number of halogens is 1. The highest BCUT2D eigenvalue weighted by Crippen LogP contribution is 2.22. The summed E-state index contributed by atoms with van der Waals surface area (Å²) in [5.74, 6) is -0.473. The molecule has 0 saturated heterocycles. The molecule has 4 heteroatoms. The number of pyridine rings is 2. The van der Waals surface area contributed by atoms with Crippen molar-refractivity contribution in [2.24, 2.45) is 0 Å². The molecule has 0 aliphatic carbocycles. The predicted octanol–water partition coefficient (Wildman–Crippen LogP) is 1.09. The molecule has 0 radical (unpaired) electrons. The van der Waals surface area contributed by atoms with Gasteiger partial charge in [0.2, 0.25) is 5.95 Å². The number of rotatable bonds is 0. The number of nitrogens with zero attached hydrogens (tertiary/aromatic N) is 2. The largest absolute Gasteiger partial charge is 0.306 e. The van der Waals surface area contributed by atoms with Crippen LogP contribution in [-0.2, 0) is 13.0 Å². The van der Waals surface area contributed by atoms with Crippen LogP contribution < -0.4 is 5.56 Å². The normalized spacial score (nSPS) is 13.8. The Morgan fingerprint density at radius 2 is 2.29 bits per heavy atom. The highest BCUT2D eigenvalue weighted by molar-refractivity contribution is 5.79. The van der Waals surface area contributed by atoms with Gasteiger partial charge in [0, 0.05) is 12.6 Å². The minimum Gasteiger partial charge on any atom is -0.306 e. The summed E-state index contributed by atoms with van der Waals surface area (Å²) >= 11 is 0. The molecule has 0 unspecified atom stereocenters. The fourth-order valence-electron chi connectivity index (χ4n) is 2.00. The maximum absolute atomic E-state index is 13.0. The number of hydrogen-bond acceptors (Lipinski definition) is 2. The Kier molecular flexibility index (Phi) is 1.32. The van der Waals surface area contributed by atoms with E-state index in [1.54, 1.807) is 10.6 Å². The average molecular weight is 190 g/mol. The summed E-state index contributed by atoms with van der Waals surface area (Å²) in [7, 11) is 0. The zero-order valence-electron chi connectivity index (χ0n) is 7.33. The van der Waals surface area contributed by atoms with Crippen molar-refractivity contribution in [3.05, 3.63) is 40.1 Å².